The Bertz CT molecular complexity index is 281. The number of phenols is 1. The van der Waals surface area contributed by atoms with Crippen molar-refractivity contribution in [2.24, 2.45) is 0 Å². The molecule has 0 unspecified atom stereocenters. The van der Waals surface area contributed by atoms with Crippen LogP contribution in [-0.2, 0) is 6.42 Å². The van der Waals surface area contributed by atoms with Crippen LogP contribution in [-0.4, -0.2) is 10.2 Å². The molecule has 1 atom stereocenters. The van der Waals surface area contributed by atoms with Gasteiger partial charge in [-0.3, -0.25) is 0 Å². The second-order valence-electron chi connectivity index (χ2n) is 2.90. The second-order valence-corrected chi connectivity index (χ2v) is 2.90. The van der Waals surface area contributed by atoms with E-state index in [9.17, 15) is 10.2 Å². The van der Waals surface area contributed by atoms with Crippen LogP contribution in [0.2, 0.25) is 0 Å². The van der Waals surface area contributed by atoms with E-state index >= 15 is 0 Å². The van der Waals surface area contributed by atoms with Crippen molar-refractivity contribution in [2.75, 3.05) is 0 Å². The van der Waals surface area contributed by atoms with Gasteiger partial charge >= 0.3 is 0 Å². The molecule has 1 aromatic carbocycles. The van der Waals surface area contributed by atoms with Gasteiger partial charge in [0.1, 0.15) is 5.75 Å². The van der Waals surface area contributed by atoms with Crippen LogP contribution in [0.3, 0.4) is 0 Å². The molecule has 2 heteroatoms. The van der Waals surface area contributed by atoms with Gasteiger partial charge in [0.15, 0.2) is 0 Å². The van der Waals surface area contributed by atoms with Crippen LogP contribution in [0, 0.1) is 0 Å². The Morgan fingerprint density at radius 1 is 1.36 bits per heavy atom. The highest BCUT2D eigenvalue weighted by molar-refractivity contribution is 5.43. The molecule has 1 aliphatic carbocycles. The Morgan fingerprint density at radius 3 is 2.91 bits per heavy atom. The number of hydrogen-bond donors (Lipinski definition) is 2. The number of aliphatic hydroxyl groups is 1. The Morgan fingerprint density at radius 2 is 2.18 bits per heavy atom. The molecule has 0 radical (unpaired) electrons. The molecule has 0 saturated heterocycles. The Hall–Kier alpha value is -1.02. The normalized spacial score (nSPS) is 21.7. The molecule has 2 N–H and O–H groups in total. The fraction of sp³-hybridized carbons (Fsp3) is 0.333. The third-order valence-corrected chi connectivity index (χ3v) is 2.19. The van der Waals surface area contributed by atoms with Crippen LogP contribution in [0.25, 0.3) is 0 Å². The zero-order valence-corrected chi connectivity index (χ0v) is 6.12. The van der Waals surface area contributed by atoms with E-state index in [1.54, 1.807) is 6.07 Å². The molecule has 0 saturated carbocycles. The van der Waals surface area contributed by atoms with Crippen molar-refractivity contribution >= 4 is 0 Å². The minimum Gasteiger partial charge on any atom is -0.508 e. The molecule has 0 bridgehead atoms. The SMILES string of the molecule is Oc1cccc2c1[C@H](O)CC2. The summed E-state index contributed by atoms with van der Waals surface area (Å²) in [5.74, 6) is 0.229. The minimum absolute atomic E-state index is 0.229. The standard InChI is InChI=1S/C9H10O2/c10-7-3-1-2-6-4-5-8(11)9(6)7/h1-3,8,10-11H,4-5H2/t8-/m1/s1. The molecule has 0 aliphatic heterocycles. The van der Waals surface area contributed by atoms with Crippen molar-refractivity contribution in [3.63, 3.8) is 0 Å². The lowest BCUT2D eigenvalue weighted by atomic mass is 10.1. The lowest BCUT2D eigenvalue weighted by Gasteiger charge is -2.04. The highest BCUT2D eigenvalue weighted by Crippen LogP contribution is 2.36. The summed E-state index contributed by atoms with van der Waals surface area (Å²) in [5.41, 5.74) is 1.81. The maximum absolute atomic E-state index is 9.40. The van der Waals surface area contributed by atoms with E-state index in [-0.39, 0.29) is 5.75 Å². The number of aliphatic hydroxyl groups excluding tert-OH is 1. The number of phenolic OH excluding ortho intramolecular Hbond substituents is 1. The summed E-state index contributed by atoms with van der Waals surface area (Å²) in [5, 5.41) is 18.7. The van der Waals surface area contributed by atoms with E-state index in [0.29, 0.717) is 0 Å². The monoisotopic (exact) mass is 150 g/mol. The molecular formula is C9H10O2. The topological polar surface area (TPSA) is 40.5 Å². The van der Waals surface area contributed by atoms with Gasteiger partial charge in [0.05, 0.1) is 6.10 Å². The average Bonchev–Trinajstić information content (AvgIpc) is 2.34. The maximum Gasteiger partial charge on any atom is 0.121 e. The summed E-state index contributed by atoms with van der Waals surface area (Å²) < 4.78 is 0. The number of hydrogen-bond acceptors (Lipinski definition) is 2. The summed E-state index contributed by atoms with van der Waals surface area (Å²) in [6.07, 6.45) is 1.17. The average molecular weight is 150 g/mol. The van der Waals surface area contributed by atoms with Crippen molar-refractivity contribution in [1.29, 1.82) is 0 Å². The van der Waals surface area contributed by atoms with Crippen LogP contribution in [0.1, 0.15) is 23.7 Å². The van der Waals surface area contributed by atoms with Gasteiger partial charge in [-0.05, 0) is 24.5 Å². The molecule has 1 aromatic rings. The second kappa shape index (κ2) is 2.24. The number of aromatic hydroxyl groups is 1. The first-order valence-electron chi connectivity index (χ1n) is 3.78. The zero-order valence-electron chi connectivity index (χ0n) is 6.12. The van der Waals surface area contributed by atoms with E-state index in [0.717, 1.165) is 24.0 Å². The van der Waals surface area contributed by atoms with Crippen molar-refractivity contribution in [1.82, 2.24) is 0 Å². The van der Waals surface area contributed by atoms with Gasteiger partial charge in [-0.1, -0.05) is 12.1 Å². The van der Waals surface area contributed by atoms with Crippen LogP contribution in [0.15, 0.2) is 18.2 Å². The summed E-state index contributed by atoms with van der Waals surface area (Å²) in [7, 11) is 0. The molecule has 0 heterocycles. The van der Waals surface area contributed by atoms with Crippen molar-refractivity contribution in [3.8, 4) is 5.75 Å². The van der Waals surface area contributed by atoms with Crippen molar-refractivity contribution in [2.45, 2.75) is 18.9 Å². The molecule has 0 aromatic heterocycles. The summed E-state index contributed by atoms with van der Waals surface area (Å²) in [6.45, 7) is 0. The molecule has 1 aliphatic rings. The minimum atomic E-state index is -0.453. The highest BCUT2D eigenvalue weighted by Gasteiger charge is 2.22. The van der Waals surface area contributed by atoms with E-state index in [2.05, 4.69) is 0 Å². The lowest BCUT2D eigenvalue weighted by molar-refractivity contribution is 0.176. The van der Waals surface area contributed by atoms with Gasteiger partial charge in [-0.25, -0.2) is 0 Å². The Labute approximate surface area is 65.1 Å². The first-order chi connectivity index (χ1) is 5.29. The van der Waals surface area contributed by atoms with Crippen LogP contribution < -0.4 is 0 Å². The quantitative estimate of drug-likeness (QED) is 0.586. The van der Waals surface area contributed by atoms with Crippen LogP contribution >= 0.6 is 0 Å². The number of fused-ring (bicyclic) bond motifs is 1. The molecule has 11 heavy (non-hydrogen) atoms. The van der Waals surface area contributed by atoms with E-state index in [1.165, 1.54) is 0 Å². The third-order valence-electron chi connectivity index (χ3n) is 2.19. The van der Waals surface area contributed by atoms with Crippen molar-refractivity contribution in [3.05, 3.63) is 29.3 Å². The molecular weight excluding hydrogens is 140 g/mol. The van der Waals surface area contributed by atoms with Gasteiger partial charge in [0.25, 0.3) is 0 Å². The van der Waals surface area contributed by atoms with Gasteiger partial charge in [0, 0.05) is 5.56 Å². The molecule has 2 nitrogen and oxygen atoms in total. The molecule has 58 valence electrons. The van der Waals surface area contributed by atoms with Gasteiger partial charge < -0.3 is 10.2 Å². The van der Waals surface area contributed by atoms with E-state index in [4.69, 9.17) is 0 Å². The highest BCUT2D eigenvalue weighted by atomic mass is 16.3. The molecule has 0 amide bonds. The zero-order chi connectivity index (χ0) is 7.84. The van der Waals surface area contributed by atoms with Crippen molar-refractivity contribution < 1.29 is 10.2 Å². The summed E-state index contributed by atoms with van der Waals surface area (Å²) in [4.78, 5) is 0. The van der Waals surface area contributed by atoms with Gasteiger partial charge in [-0.15, -0.1) is 0 Å². The van der Waals surface area contributed by atoms with Crippen LogP contribution in [0.4, 0.5) is 0 Å². The predicted octanol–water partition coefficient (Wildman–Crippen LogP) is 1.37. The van der Waals surface area contributed by atoms with E-state index < -0.39 is 6.10 Å². The Kier molecular flexibility index (Phi) is 1.36. The largest absolute Gasteiger partial charge is 0.508 e. The van der Waals surface area contributed by atoms with Gasteiger partial charge in [0.2, 0.25) is 0 Å². The predicted molar refractivity (Wildman–Crippen MR) is 41.4 cm³/mol. The molecule has 2 rings (SSSR count). The number of aryl methyl sites for hydroxylation is 1. The Balaban J connectivity index is 2.58. The summed E-state index contributed by atoms with van der Waals surface area (Å²) in [6, 6.07) is 5.38. The van der Waals surface area contributed by atoms with Gasteiger partial charge in [-0.2, -0.15) is 0 Å². The number of benzene rings is 1. The third kappa shape index (κ3) is 0.906. The fourth-order valence-electron chi connectivity index (χ4n) is 1.64. The smallest absolute Gasteiger partial charge is 0.121 e. The first kappa shape index (κ1) is 6.68. The first-order valence-corrected chi connectivity index (χ1v) is 3.78. The molecule has 0 fully saturated rings. The fourth-order valence-corrected chi connectivity index (χ4v) is 1.64. The summed E-state index contributed by atoms with van der Waals surface area (Å²) >= 11 is 0. The maximum atomic E-state index is 9.40. The molecule has 0 spiro atoms. The number of rotatable bonds is 0. The van der Waals surface area contributed by atoms with E-state index in [1.807, 2.05) is 12.1 Å². The lowest BCUT2D eigenvalue weighted by Crippen LogP contribution is -1.89. The van der Waals surface area contributed by atoms with Crippen LogP contribution in [0.5, 0.6) is 5.75 Å².